The van der Waals surface area contributed by atoms with Crippen molar-refractivity contribution in [3.05, 3.63) is 40.9 Å². The van der Waals surface area contributed by atoms with Gasteiger partial charge in [-0.2, -0.15) is 0 Å². The number of aryl methyl sites for hydroxylation is 1. The number of fused-ring (bicyclic) bond motifs is 1. The molecule has 0 nitrogen and oxygen atoms in total. The van der Waals surface area contributed by atoms with Crippen LogP contribution >= 0.6 is 11.6 Å². The molecule has 0 aromatic heterocycles. The molecule has 2 heteroatoms. The summed E-state index contributed by atoms with van der Waals surface area (Å²) in [5.74, 6) is 0. The highest BCUT2D eigenvalue weighted by Crippen LogP contribution is 2.23. The fourth-order valence-corrected chi connectivity index (χ4v) is 3.90. The molecular weight excluding hydrogens is 232 g/mol. The van der Waals surface area contributed by atoms with E-state index in [9.17, 15) is 0 Å². The Balaban J connectivity index is 2.85. The molecular formula is C14H17ClSi. The quantitative estimate of drug-likeness (QED) is 0.659. The van der Waals surface area contributed by atoms with Gasteiger partial charge >= 0.3 is 0 Å². The molecule has 0 N–H and O–H groups in total. The van der Waals surface area contributed by atoms with Gasteiger partial charge in [-0.05, 0) is 35.4 Å². The van der Waals surface area contributed by atoms with Gasteiger partial charge in [-0.1, -0.05) is 54.6 Å². The van der Waals surface area contributed by atoms with Crippen LogP contribution < -0.4 is 5.19 Å². The molecule has 2 rings (SSSR count). The second-order valence-corrected chi connectivity index (χ2v) is 10.8. The molecule has 0 aliphatic carbocycles. The molecule has 0 aliphatic heterocycles. The van der Waals surface area contributed by atoms with E-state index in [0.717, 1.165) is 5.02 Å². The normalized spacial score (nSPS) is 12.1. The van der Waals surface area contributed by atoms with E-state index in [0.29, 0.717) is 0 Å². The number of halogens is 1. The van der Waals surface area contributed by atoms with Gasteiger partial charge in [0.15, 0.2) is 0 Å². The van der Waals surface area contributed by atoms with Crippen LogP contribution in [0.3, 0.4) is 0 Å². The maximum atomic E-state index is 6.07. The molecule has 0 spiro atoms. The highest BCUT2D eigenvalue weighted by atomic mass is 35.5. The van der Waals surface area contributed by atoms with Gasteiger partial charge in [-0.25, -0.2) is 0 Å². The van der Waals surface area contributed by atoms with Gasteiger partial charge in [-0.15, -0.1) is 0 Å². The molecule has 0 heterocycles. The van der Waals surface area contributed by atoms with Crippen molar-refractivity contribution in [2.75, 3.05) is 0 Å². The van der Waals surface area contributed by atoms with Crippen LogP contribution in [-0.2, 0) is 0 Å². The lowest BCUT2D eigenvalue weighted by Gasteiger charge is -2.20. The summed E-state index contributed by atoms with van der Waals surface area (Å²) in [6.07, 6.45) is 0. The summed E-state index contributed by atoms with van der Waals surface area (Å²) < 4.78 is 0. The Morgan fingerprint density at radius 1 is 0.938 bits per heavy atom. The van der Waals surface area contributed by atoms with Crippen molar-refractivity contribution in [3.8, 4) is 0 Å². The van der Waals surface area contributed by atoms with Crippen molar-refractivity contribution in [1.29, 1.82) is 0 Å². The number of hydrogen-bond acceptors (Lipinski definition) is 0. The second kappa shape index (κ2) is 3.90. The van der Waals surface area contributed by atoms with Gasteiger partial charge in [0.05, 0.1) is 8.07 Å². The van der Waals surface area contributed by atoms with Gasteiger partial charge in [0.2, 0.25) is 0 Å². The third kappa shape index (κ3) is 2.02. The van der Waals surface area contributed by atoms with Crippen LogP contribution in [0.4, 0.5) is 0 Å². The molecule has 0 bridgehead atoms. The van der Waals surface area contributed by atoms with Crippen LogP contribution in [0.2, 0.25) is 24.7 Å². The van der Waals surface area contributed by atoms with E-state index in [1.807, 2.05) is 6.07 Å². The Morgan fingerprint density at radius 2 is 1.62 bits per heavy atom. The number of rotatable bonds is 1. The molecule has 2 aromatic rings. The van der Waals surface area contributed by atoms with Crippen LogP contribution in [0.5, 0.6) is 0 Å². The van der Waals surface area contributed by atoms with Crippen molar-refractivity contribution in [3.63, 3.8) is 0 Å². The van der Waals surface area contributed by atoms with E-state index in [4.69, 9.17) is 11.6 Å². The summed E-state index contributed by atoms with van der Waals surface area (Å²) in [6.45, 7) is 9.29. The van der Waals surface area contributed by atoms with E-state index < -0.39 is 8.07 Å². The topological polar surface area (TPSA) is 0 Å². The van der Waals surface area contributed by atoms with Gasteiger partial charge in [0, 0.05) is 5.02 Å². The molecule has 0 saturated carbocycles. The first-order valence-electron chi connectivity index (χ1n) is 5.59. The molecule has 0 amide bonds. The smallest absolute Gasteiger partial charge is 0.0784 e. The van der Waals surface area contributed by atoms with Gasteiger partial charge in [0.1, 0.15) is 0 Å². The average molecular weight is 249 g/mol. The fraction of sp³-hybridized carbons (Fsp3) is 0.286. The SMILES string of the molecule is Cc1ccc([Si](C)(C)C)c2ccc(Cl)cc12. The third-order valence-electron chi connectivity index (χ3n) is 3.00. The highest BCUT2D eigenvalue weighted by molar-refractivity contribution is 6.90. The highest BCUT2D eigenvalue weighted by Gasteiger charge is 2.19. The summed E-state index contributed by atoms with van der Waals surface area (Å²) in [6, 6.07) is 10.7. The van der Waals surface area contributed by atoms with E-state index in [-0.39, 0.29) is 0 Å². The Kier molecular flexibility index (Phi) is 2.85. The largest absolute Gasteiger partial charge is 0.0843 e. The standard InChI is InChI=1S/C14H17ClSi/c1-10-5-8-14(16(2,3)4)12-7-6-11(15)9-13(10)12/h5-9H,1-4H3. The van der Waals surface area contributed by atoms with Crippen molar-refractivity contribution in [1.82, 2.24) is 0 Å². The second-order valence-electron chi connectivity index (χ2n) is 5.37. The molecule has 0 atom stereocenters. The van der Waals surface area contributed by atoms with E-state index in [2.05, 4.69) is 50.8 Å². The van der Waals surface area contributed by atoms with Gasteiger partial charge < -0.3 is 0 Å². The Hall–Kier alpha value is -0.793. The van der Waals surface area contributed by atoms with Crippen LogP contribution in [0.15, 0.2) is 30.3 Å². The lowest BCUT2D eigenvalue weighted by atomic mass is 10.1. The van der Waals surface area contributed by atoms with Crippen LogP contribution in [0.1, 0.15) is 5.56 Å². The third-order valence-corrected chi connectivity index (χ3v) is 5.29. The summed E-state index contributed by atoms with van der Waals surface area (Å²) in [5, 5.41) is 5.02. The zero-order valence-electron chi connectivity index (χ0n) is 10.3. The van der Waals surface area contributed by atoms with E-state index >= 15 is 0 Å². The minimum Gasteiger partial charge on any atom is -0.0843 e. The first-order chi connectivity index (χ1) is 7.39. The molecule has 16 heavy (non-hydrogen) atoms. The molecule has 0 fully saturated rings. The van der Waals surface area contributed by atoms with Crippen LogP contribution in [0, 0.1) is 6.92 Å². The molecule has 0 saturated heterocycles. The molecule has 2 aromatic carbocycles. The molecule has 0 unspecified atom stereocenters. The minimum atomic E-state index is -1.28. The lowest BCUT2D eigenvalue weighted by Crippen LogP contribution is -2.38. The van der Waals surface area contributed by atoms with E-state index in [1.165, 1.54) is 21.5 Å². The monoisotopic (exact) mass is 248 g/mol. The molecule has 0 aliphatic rings. The van der Waals surface area contributed by atoms with Crippen molar-refractivity contribution in [2.45, 2.75) is 26.6 Å². The lowest BCUT2D eigenvalue weighted by molar-refractivity contribution is 1.53. The maximum absolute atomic E-state index is 6.07. The zero-order valence-corrected chi connectivity index (χ0v) is 12.0. The number of benzene rings is 2. The zero-order chi connectivity index (χ0) is 11.9. The average Bonchev–Trinajstić information content (AvgIpc) is 2.17. The molecule has 0 radical (unpaired) electrons. The van der Waals surface area contributed by atoms with Crippen molar-refractivity contribution < 1.29 is 0 Å². The Bertz CT molecular complexity index is 538. The van der Waals surface area contributed by atoms with Crippen LogP contribution in [0.25, 0.3) is 10.8 Å². The predicted molar refractivity (Wildman–Crippen MR) is 76.7 cm³/mol. The molecule has 84 valence electrons. The fourth-order valence-electron chi connectivity index (χ4n) is 2.12. The van der Waals surface area contributed by atoms with Crippen molar-refractivity contribution >= 4 is 35.6 Å². The predicted octanol–water partition coefficient (Wildman–Crippen LogP) is 4.35. The van der Waals surface area contributed by atoms with E-state index in [1.54, 1.807) is 0 Å². The Labute approximate surface area is 103 Å². The summed E-state index contributed by atoms with van der Waals surface area (Å²) in [4.78, 5) is 0. The minimum absolute atomic E-state index is 0.823. The first-order valence-corrected chi connectivity index (χ1v) is 9.47. The van der Waals surface area contributed by atoms with Crippen molar-refractivity contribution in [2.24, 2.45) is 0 Å². The number of hydrogen-bond donors (Lipinski definition) is 0. The maximum Gasteiger partial charge on any atom is 0.0784 e. The van der Waals surface area contributed by atoms with Gasteiger partial charge in [-0.3, -0.25) is 0 Å². The van der Waals surface area contributed by atoms with Gasteiger partial charge in [0.25, 0.3) is 0 Å². The van der Waals surface area contributed by atoms with Crippen LogP contribution in [-0.4, -0.2) is 8.07 Å². The Morgan fingerprint density at radius 3 is 2.25 bits per heavy atom. The summed E-state index contributed by atoms with van der Waals surface area (Å²) in [7, 11) is -1.28. The summed E-state index contributed by atoms with van der Waals surface area (Å²) >= 11 is 6.07. The summed E-state index contributed by atoms with van der Waals surface area (Å²) in [5.41, 5.74) is 1.31. The first kappa shape index (κ1) is 11.7.